The largest absolute Gasteiger partial charge is 0.273 e. The van der Waals surface area contributed by atoms with Gasteiger partial charge in [0.25, 0.3) is 11.8 Å². The van der Waals surface area contributed by atoms with Crippen LogP contribution in [-0.2, 0) is 7.05 Å². The number of carbonyl (C=O) groups excluding carboxylic acids is 2. The summed E-state index contributed by atoms with van der Waals surface area (Å²) >= 11 is 0. The molecule has 20 heavy (non-hydrogen) atoms. The first kappa shape index (κ1) is 13.8. The van der Waals surface area contributed by atoms with Gasteiger partial charge >= 0.3 is 0 Å². The minimum absolute atomic E-state index is 0.349. The molecule has 2 N–H and O–H groups in total. The number of amides is 2. The summed E-state index contributed by atoms with van der Waals surface area (Å²) in [5, 5.41) is 3.98. The summed E-state index contributed by atoms with van der Waals surface area (Å²) in [7, 11) is 1.75. The molecule has 0 aliphatic heterocycles. The van der Waals surface area contributed by atoms with E-state index < -0.39 is 5.91 Å². The number of nitrogens with zero attached hydrogens (tertiary/aromatic N) is 2. The molecule has 6 heteroatoms. The summed E-state index contributed by atoms with van der Waals surface area (Å²) in [6.07, 6.45) is 1.46. The zero-order valence-corrected chi connectivity index (χ0v) is 11.6. The van der Waals surface area contributed by atoms with Gasteiger partial charge in [0.05, 0.1) is 11.8 Å². The number of benzene rings is 1. The van der Waals surface area contributed by atoms with Crippen molar-refractivity contribution in [3.05, 3.63) is 52.8 Å². The Hall–Kier alpha value is -2.63. The van der Waals surface area contributed by atoms with Gasteiger partial charge in [-0.2, -0.15) is 5.10 Å². The Labute approximate surface area is 116 Å². The van der Waals surface area contributed by atoms with Crippen molar-refractivity contribution in [2.45, 2.75) is 13.8 Å². The lowest BCUT2D eigenvalue weighted by Crippen LogP contribution is -2.42. The molecule has 0 spiro atoms. The van der Waals surface area contributed by atoms with Gasteiger partial charge in [0.2, 0.25) is 0 Å². The summed E-state index contributed by atoms with van der Waals surface area (Å²) in [6.45, 7) is 3.62. The van der Waals surface area contributed by atoms with Gasteiger partial charge in [0.15, 0.2) is 0 Å². The maximum absolute atomic E-state index is 11.9. The van der Waals surface area contributed by atoms with E-state index >= 15 is 0 Å². The average Bonchev–Trinajstić information content (AvgIpc) is 2.76. The Morgan fingerprint density at radius 2 is 1.65 bits per heavy atom. The topological polar surface area (TPSA) is 76.0 Å². The molecule has 0 aliphatic carbocycles. The number of aromatic nitrogens is 2. The minimum Gasteiger partial charge on any atom is -0.272 e. The van der Waals surface area contributed by atoms with E-state index in [1.54, 1.807) is 30.8 Å². The molecule has 104 valence electrons. The molecule has 0 saturated carbocycles. The van der Waals surface area contributed by atoms with Crippen LogP contribution >= 0.6 is 0 Å². The Balaban J connectivity index is 2.02. The van der Waals surface area contributed by atoms with Crippen LogP contribution in [0.5, 0.6) is 0 Å². The molecular formula is C14H16N4O2. The Kier molecular flexibility index (Phi) is 3.84. The van der Waals surface area contributed by atoms with Crippen LogP contribution in [0.3, 0.4) is 0 Å². The second-order valence-corrected chi connectivity index (χ2v) is 4.49. The number of rotatable bonds is 2. The Bertz CT molecular complexity index is 661. The normalized spacial score (nSPS) is 10.2. The molecule has 2 amide bonds. The van der Waals surface area contributed by atoms with Crippen LogP contribution in [0.25, 0.3) is 0 Å². The number of hydrazine groups is 1. The van der Waals surface area contributed by atoms with Crippen molar-refractivity contribution < 1.29 is 9.59 Å². The highest BCUT2D eigenvalue weighted by Gasteiger charge is 2.14. The van der Waals surface area contributed by atoms with Gasteiger partial charge in [0.1, 0.15) is 0 Å². The third-order valence-corrected chi connectivity index (χ3v) is 3.16. The van der Waals surface area contributed by atoms with E-state index in [1.807, 2.05) is 19.1 Å². The fourth-order valence-corrected chi connectivity index (χ4v) is 1.80. The van der Waals surface area contributed by atoms with Crippen LogP contribution in [0.15, 0.2) is 30.5 Å². The second kappa shape index (κ2) is 5.56. The maximum atomic E-state index is 11.9. The highest BCUT2D eigenvalue weighted by molar-refractivity contribution is 6.00. The smallest absolute Gasteiger partial charge is 0.272 e. The Morgan fingerprint density at radius 1 is 1.05 bits per heavy atom. The van der Waals surface area contributed by atoms with Crippen LogP contribution in [-0.4, -0.2) is 21.6 Å². The van der Waals surface area contributed by atoms with Gasteiger partial charge in [-0.3, -0.25) is 25.1 Å². The predicted octanol–water partition coefficient (Wildman–Crippen LogP) is 1.11. The SMILES string of the molecule is Cc1ccccc1C(=O)NNC(=O)c1cnn(C)c1C. The monoisotopic (exact) mass is 272 g/mol. The molecule has 6 nitrogen and oxygen atoms in total. The molecule has 0 aliphatic rings. The van der Waals surface area contributed by atoms with E-state index in [-0.39, 0.29) is 5.91 Å². The van der Waals surface area contributed by atoms with E-state index in [9.17, 15) is 9.59 Å². The fourth-order valence-electron chi connectivity index (χ4n) is 1.80. The van der Waals surface area contributed by atoms with Crippen molar-refractivity contribution in [1.29, 1.82) is 0 Å². The average molecular weight is 272 g/mol. The summed E-state index contributed by atoms with van der Waals surface area (Å²) < 4.78 is 1.60. The first-order valence-electron chi connectivity index (χ1n) is 6.15. The number of hydrogen-bond donors (Lipinski definition) is 2. The van der Waals surface area contributed by atoms with Gasteiger partial charge in [0, 0.05) is 18.3 Å². The molecule has 0 atom stereocenters. The third-order valence-electron chi connectivity index (χ3n) is 3.16. The Morgan fingerprint density at radius 3 is 2.20 bits per heavy atom. The van der Waals surface area contributed by atoms with Gasteiger partial charge in [-0.05, 0) is 25.5 Å². The lowest BCUT2D eigenvalue weighted by Gasteiger charge is -2.08. The first-order valence-corrected chi connectivity index (χ1v) is 6.15. The third kappa shape index (κ3) is 2.69. The van der Waals surface area contributed by atoms with E-state index in [1.165, 1.54) is 6.20 Å². The van der Waals surface area contributed by atoms with E-state index in [0.717, 1.165) is 11.3 Å². The van der Waals surface area contributed by atoms with Crippen molar-refractivity contribution in [1.82, 2.24) is 20.6 Å². The number of carbonyl (C=O) groups is 2. The van der Waals surface area contributed by atoms with Crippen LogP contribution < -0.4 is 10.9 Å². The molecule has 0 unspecified atom stereocenters. The zero-order chi connectivity index (χ0) is 14.7. The van der Waals surface area contributed by atoms with Crippen LogP contribution in [0.4, 0.5) is 0 Å². The maximum Gasteiger partial charge on any atom is 0.273 e. The molecular weight excluding hydrogens is 256 g/mol. The molecule has 1 aromatic carbocycles. The molecule has 0 radical (unpaired) electrons. The quantitative estimate of drug-likeness (QED) is 0.804. The van der Waals surface area contributed by atoms with Crippen molar-refractivity contribution in [3.8, 4) is 0 Å². The summed E-state index contributed by atoms with van der Waals surface area (Å²) in [6, 6.07) is 7.16. The molecule has 1 heterocycles. The van der Waals surface area contributed by atoms with Crippen molar-refractivity contribution in [2.24, 2.45) is 7.05 Å². The molecule has 1 aromatic heterocycles. The lowest BCUT2D eigenvalue weighted by atomic mass is 10.1. The number of nitrogens with one attached hydrogen (secondary N) is 2. The van der Waals surface area contributed by atoms with Gasteiger partial charge in [-0.15, -0.1) is 0 Å². The van der Waals surface area contributed by atoms with Crippen LogP contribution in [0.2, 0.25) is 0 Å². The summed E-state index contributed by atoms with van der Waals surface area (Å²) in [4.78, 5) is 23.9. The highest BCUT2D eigenvalue weighted by atomic mass is 16.2. The van der Waals surface area contributed by atoms with Crippen LogP contribution in [0.1, 0.15) is 32.0 Å². The van der Waals surface area contributed by atoms with Gasteiger partial charge in [-0.1, -0.05) is 18.2 Å². The lowest BCUT2D eigenvalue weighted by molar-refractivity contribution is 0.0846. The van der Waals surface area contributed by atoms with Gasteiger partial charge in [-0.25, -0.2) is 0 Å². The first-order chi connectivity index (χ1) is 9.50. The molecule has 0 fully saturated rings. The van der Waals surface area contributed by atoms with E-state index in [4.69, 9.17) is 0 Å². The second-order valence-electron chi connectivity index (χ2n) is 4.49. The number of aryl methyl sites for hydroxylation is 2. The highest BCUT2D eigenvalue weighted by Crippen LogP contribution is 2.07. The van der Waals surface area contributed by atoms with E-state index in [0.29, 0.717) is 11.1 Å². The van der Waals surface area contributed by atoms with Crippen molar-refractivity contribution >= 4 is 11.8 Å². The van der Waals surface area contributed by atoms with Crippen molar-refractivity contribution in [3.63, 3.8) is 0 Å². The summed E-state index contributed by atoms with van der Waals surface area (Å²) in [5.41, 5.74) is 7.31. The molecule has 2 aromatic rings. The predicted molar refractivity (Wildman–Crippen MR) is 74.1 cm³/mol. The molecule has 2 rings (SSSR count). The van der Waals surface area contributed by atoms with Gasteiger partial charge < -0.3 is 0 Å². The molecule has 0 bridgehead atoms. The van der Waals surface area contributed by atoms with Crippen molar-refractivity contribution in [2.75, 3.05) is 0 Å². The van der Waals surface area contributed by atoms with E-state index in [2.05, 4.69) is 16.0 Å². The zero-order valence-electron chi connectivity index (χ0n) is 11.6. The summed E-state index contributed by atoms with van der Waals surface area (Å²) in [5.74, 6) is -0.740. The van der Waals surface area contributed by atoms with Crippen LogP contribution in [0, 0.1) is 13.8 Å². The minimum atomic E-state index is -0.391. The molecule has 0 saturated heterocycles. The standard InChI is InChI=1S/C14H16N4O2/c1-9-6-4-5-7-11(9)13(19)16-17-14(20)12-8-15-18(3)10(12)2/h4-8H,1-3H3,(H,16,19)(H,17,20). The fraction of sp³-hybridized carbons (Fsp3) is 0.214. The number of hydrogen-bond acceptors (Lipinski definition) is 3.